The van der Waals surface area contributed by atoms with Crippen molar-refractivity contribution in [3.8, 4) is 0 Å². The van der Waals surface area contributed by atoms with E-state index in [-0.39, 0.29) is 18.5 Å². The second-order valence-corrected chi connectivity index (χ2v) is 5.39. The van der Waals surface area contributed by atoms with Gasteiger partial charge in [0.2, 0.25) is 5.96 Å². The lowest BCUT2D eigenvalue weighted by molar-refractivity contribution is 0.154. The molecule has 0 spiro atoms. The number of nitrogens with one attached hydrogen (secondary N) is 1. The summed E-state index contributed by atoms with van der Waals surface area (Å²) in [7, 11) is 5.08. The second-order valence-electron chi connectivity index (χ2n) is 5.39. The number of hydrogen-bond donors (Lipinski definition) is 2. The molecule has 0 saturated carbocycles. The third kappa shape index (κ3) is 4.45. The molecule has 2 amide bonds. The number of urea groups is 1. The van der Waals surface area contributed by atoms with Crippen molar-refractivity contribution in [3.05, 3.63) is 60.7 Å². The number of amides is 2. The summed E-state index contributed by atoms with van der Waals surface area (Å²) in [5.74, 6) is 0.791. The Balaban J connectivity index is 2.10. The fourth-order valence-electron chi connectivity index (χ4n) is 2.12. The zero-order valence-electron chi connectivity index (χ0n) is 14.7. The van der Waals surface area contributed by atoms with E-state index in [1.165, 1.54) is 9.91 Å². The van der Waals surface area contributed by atoms with Gasteiger partial charge in [0.1, 0.15) is 5.82 Å². The first-order valence-corrected chi connectivity index (χ1v) is 7.71. The molecule has 132 valence electrons. The first-order chi connectivity index (χ1) is 11.9. The molecule has 3 N–H and O–H groups in total. The van der Waals surface area contributed by atoms with Crippen molar-refractivity contribution >= 4 is 17.7 Å². The molecular weight excluding hydrogens is 318 g/mol. The minimum absolute atomic E-state index is 0.0546. The standard InChI is InChI=1S/C17H23N7O/c1-13(14-8-6-5-7-9-14)21-16(18)23(4)17(25)24(19-2)12-15-20-10-11-22(15)3/h5-11,19H,1,12H2,2-4H3,(H2,18,21). The molecule has 0 radical (unpaired) electrons. The topological polar surface area (TPSA) is 91.8 Å². The molecule has 0 fully saturated rings. The normalized spacial score (nSPS) is 11.2. The van der Waals surface area contributed by atoms with Crippen LogP contribution >= 0.6 is 0 Å². The zero-order chi connectivity index (χ0) is 18.4. The van der Waals surface area contributed by atoms with Gasteiger partial charge in [-0.25, -0.2) is 20.2 Å². The van der Waals surface area contributed by atoms with Crippen LogP contribution < -0.4 is 11.2 Å². The number of nitrogens with two attached hydrogens (primary N) is 1. The summed E-state index contributed by atoms with van der Waals surface area (Å²) < 4.78 is 1.84. The molecule has 0 saturated heterocycles. The summed E-state index contributed by atoms with van der Waals surface area (Å²) in [4.78, 5) is 22.3. The van der Waals surface area contributed by atoms with E-state index in [9.17, 15) is 4.79 Å². The van der Waals surface area contributed by atoms with Crippen LogP contribution in [0.2, 0.25) is 0 Å². The molecule has 0 bridgehead atoms. The molecule has 0 aliphatic rings. The Morgan fingerprint density at radius 3 is 2.64 bits per heavy atom. The van der Waals surface area contributed by atoms with Gasteiger partial charge in [-0.3, -0.25) is 9.91 Å². The third-order valence-corrected chi connectivity index (χ3v) is 3.71. The van der Waals surface area contributed by atoms with Crippen molar-refractivity contribution < 1.29 is 4.79 Å². The number of guanidine groups is 1. The average molecular weight is 341 g/mol. The SMILES string of the molecule is C=C(/N=C(/N)N(C)C(=O)N(Cc1nccn1C)NC)c1ccccc1. The fraction of sp³-hybridized carbons (Fsp3) is 0.235. The minimum Gasteiger partial charge on any atom is -0.369 e. The van der Waals surface area contributed by atoms with Gasteiger partial charge in [0.05, 0.1) is 12.2 Å². The predicted octanol–water partition coefficient (Wildman–Crippen LogP) is 1.39. The van der Waals surface area contributed by atoms with Crippen molar-refractivity contribution in [2.24, 2.45) is 17.8 Å². The summed E-state index contributed by atoms with van der Waals surface area (Å²) >= 11 is 0. The van der Waals surface area contributed by atoms with Crippen LogP contribution in [0.4, 0.5) is 4.79 Å². The smallest absolute Gasteiger partial charge is 0.341 e. The summed E-state index contributed by atoms with van der Waals surface area (Å²) in [6.07, 6.45) is 3.49. The fourth-order valence-corrected chi connectivity index (χ4v) is 2.12. The van der Waals surface area contributed by atoms with Crippen molar-refractivity contribution in [2.75, 3.05) is 14.1 Å². The van der Waals surface area contributed by atoms with E-state index in [0.717, 1.165) is 11.4 Å². The Labute approximate surface area is 147 Å². The van der Waals surface area contributed by atoms with Crippen LogP contribution in [0.1, 0.15) is 11.4 Å². The van der Waals surface area contributed by atoms with Gasteiger partial charge in [0.15, 0.2) is 0 Å². The predicted molar refractivity (Wildman–Crippen MR) is 98.1 cm³/mol. The van der Waals surface area contributed by atoms with Crippen LogP contribution in [-0.4, -0.2) is 45.5 Å². The van der Waals surface area contributed by atoms with Crippen molar-refractivity contribution in [1.29, 1.82) is 0 Å². The summed E-state index contributed by atoms with van der Waals surface area (Å²) in [6, 6.07) is 9.08. The van der Waals surface area contributed by atoms with Crippen molar-refractivity contribution in [2.45, 2.75) is 6.54 Å². The maximum atomic E-state index is 12.6. The number of nitrogens with zero attached hydrogens (tertiary/aromatic N) is 5. The Kier molecular flexibility index (Phi) is 5.91. The highest BCUT2D eigenvalue weighted by Gasteiger charge is 2.21. The number of benzene rings is 1. The highest BCUT2D eigenvalue weighted by atomic mass is 16.2. The van der Waals surface area contributed by atoms with E-state index in [0.29, 0.717) is 5.70 Å². The van der Waals surface area contributed by atoms with Crippen LogP contribution in [0.5, 0.6) is 0 Å². The quantitative estimate of drug-likeness (QED) is 0.488. The Bertz CT molecular complexity index is 766. The van der Waals surface area contributed by atoms with Gasteiger partial charge < -0.3 is 10.3 Å². The van der Waals surface area contributed by atoms with Gasteiger partial charge in [-0.15, -0.1) is 0 Å². The molecule has 0 aliphatic heterocycles. The van der Waals surface area contributed by atoms with Crippen LogP contribution in [0, 0.1) is 0 Å². The number of imidazole rings is 1. The maximum Gasteiger partial charge on any atom is 0.341 e. The molecule has 0 atom stereocenters. The molecule has 1 aromatic carbocycles. The van der Waals surface area contributed by atoms with E-state index >= 15 is 0 Å². The van der Waals surface area contributed by atoms with Crippen LogP contribution in [0.3, 0.4) is 0 Å². The lowest BCUT2D eigenvalue weighted by Gasteiger charge is -2.26. The maximum absolute atomic E-state index is 12.6. The van der Waals surface area contributed by atoms with Crippen LogP contribution in [-0.2, 0) is 13.6 Å². The molecule has 8 heteroatoms. The number of aromatic nitrogens is 2. The number of aliphatic imine (C=N–C) groups is 1. The lowest BCUT2D eigenvalue weighted by atomic mass is 10.2. The molecule has 1 aromatic heterocycles. The molecule has 2 aromatic rings. The lowest BCUT2D eigenvalue weighted by Crippen LogP contribution is -2.51. The number of carbonyl (C=O) groups is 1. The minimum atomic E-state index is -0.354. The number of hydrogen-bond acceptors (Lipinski definition) is 4. The summed E-state index contributed by atoms with van der Waals surface area (Å²) in [5.41, 5.74) is 10.1. The van der Waals surface area contributed by atoms with Crippen molar-refractivity contribution in [1.82, 2.24) is 24.9 Å². The van der Waals surface area contributed by atoms with Gasteiger partial charge in [-0.1, -0.05) is 36.9 Å². The first kappa shape index (κ1) is 18.2. The molecule has 0 aliphatic carbocycles. The Morgan fingerprint density at radius 1 is 1.40 bits per heavy atom. The highest BCUT2D eigenvalue weighted by molar-refractivity contribution is 5.97. The van der Waals surface area contributed by atoms with Crippen LogP contribution in [0.25, 0.3) is 5.70 Å². The van der Waals surface area contributed by atoms with E-state index in [4.69, 9.17) is 5.73 Å². The Morgan fingerprint density at radius 2 is 2.08 bits per heavy atom. The number of hydrazine groups is 1. The van der Waals surface area contributed by atoms with Crippen LogP contribution in [0.15, 0.2) is 54.3 Å². The zero-order valence-corrected chi connectivity index (χ0v) is 14.7. The van der Waals surface area contributed by atoms with Crippen molar-refractivity contribution in [3.63, 3.8) is 0 Å². The monoisotopic (exact) mass is 341 g/mol. The highest BCUT2D eigenvalue weighted by Crippen LogP contribution is 2.13. The molecule has 1 heterocycles. The van der Waals surface area contributed by atoms with E-state index in [1.807, 2.05) is 48.1 Å². The molecule has 0 unspecified atom stereocenters. The molecular formula is C17H23N7O. The number of carbonyl (C=O) groups excluding carboxylic acids is 1. The Hall–Kier alpha value is -3.13. The van der Waals surface area contributed by atoms with Gasteiger partial charge in [-0.2, -0.15) is 0 Å². The third-order valence-electron chi connectivity index (χ3n) is 3.71. The molecule has 8 nitrogen and oxygen atoms in total. The van der Waals surface area contributed by atoms with Gasteiger partial charge in [0.25, 0.3) is 0 Å². The van der Waals surface area contributed by atoms with E-state index in [1.54, 1.807) is 20.3 Å². The second kappa shape index (κ2) is 8.11. The largest absolute Gasteiger partial charge is 0.369 e. The molecule has 2 rings (SSSR count). The molecule has 25 heavy (non-hydrogen) atoms. The van der Waals surface area contributed by atoms with E-state index < -0.39 is 0 Å². The van der Waals surface area contributed by atoms with E-state index in [2.05, 4.69) is 22.0 Å². The average Bonchev–Trinajstić information content (AvgIpc) is 3.03. The van der Waals surface area contributed by atoms with Gasteiger partial charge in [0, 0.05) is 33.5 Å². The summed E-state index contributed by atoms with van der Waals surface area (Å²) in [6.45, 7) is 4.18. The number of rotatable bonds is 5. The number of aryl methyl sites for hydroxylation is 1. The van der Waals surface area contributed by atoms with Gasteiger partial charge >= 0.3 is 6.03 Å². The van der Waals surface area contributed by atoms with Gasteiger partial charge in [-0.05, 0) is 5.56 Å². The summed E-state index contributed by atoms with van der Waals surface area (Å²) in [5, 5.41) is 1.40. The first-order valence-electron chi connectivity index (χ1n) is 7.71.